The van der Waals surface area contributed by atoms with Gasteiger partial charge in [-0.1, -0.05) is 13.8 Å². The third-order valence-corrected chi connectivity index (χ3v) is 2.88. The van der Waals surface area contributed by atoms with Crippen molar-refractivity contribution in [3.63, 3.8) is 0 Å². The molecule has 0 aliphatic heterocycles. The van der Waals surface area contributed by atoms with Crippen molar-refractivity contribution < 1.29 is 13.9 Å². The Hall–Kier alpha value is -2.17. The Morgan fingerprint density at radius 3 is 2.32 bits per heavy atom. The molecular formula is C14H18N2O3. The predicted molar refractivity (Wildman–Crippen MR) is 73.5 cm³/mol. The number of aromatic nitrogens is 1. The number of hydrogen-bond donors (Lipinski definition) is 1. The number of methoxy groups -OCH3 is 2. The first-order valence-corrected chi connectivity index (χ1v) is 6.04. The summed E-state index contributed by atoms with van der Waals surface area (Å²) in [7, 11) is 3.14. The van der Waals surface area contributed by atoms with Crippen LogP contribution in [0, 0.1) is 0 Å². The zero-order valence-electron chi connectivity index (χ0n) is 11.6. The lowest BCUT2D eigenvalue weighted by Crippen LogP contribution is -1.96. The highest BCUT2D eigenvalue weighted by atomic mass is 16.5. The Kier molecular flexibility index (Phi) is 3.64. The maximum Gasteiger partial charge on any atom is 0.228 e. The molecule has 5 nitrogen and oxygen atoms in total. The highest BCUT2D eigenvalue weighted by Gasteiger charge is 2.15. The first-order chi connectivity index (χ1) is 9.06. The summed E-state index contributed by atoms with van der Waals surface area (Å²) >= 11 is 0. The highest BCUT2D eigenvalue weighted by Crippen LogP contribution is 2.37. The van der Waals surface area contributed by atoms with Gasteiger partial charge < -0.3 is 19.6 Å². The molecule has 19 heavy (non-hydrogen) atoms. The quantitative estimate of drug-likeness (QED) is 0.857. The van der Waals surface area contributed by atoms with Gasteiger partial charge >= 0.3 is 0 Å². The van der Waals surface area contributed by atoms with Crippen LogP contribution in [0.2, 0.25) is 0 Å². The van der Waals surface area contributed by atoms with Crippen LogP contribution in [0.1, 0.15) is 25.5 Å². The number of nitrogen functional groups attached to an aromatic ring is 1. The summed E-state index contributed by atoms with van der Waals surface area (Å²) in [6.45, 7) is 4.09. The molecule has 0 aliphatic carbocycles. The number of oxazole rings is 1. The van der Waals surface area contributed by atoms with Crippen molar-refractivity contribution in [1.29, 1.82) is 0 Å². The second-order valence-corrected chi connectivity index (χ2v) is 4.52. The molecule has 0 amide bonds. The van der Waals surface area contributed by atoms with Crippen LogP contribution in [0.4, 0.5) is 5.69 Å². The van der Waals surface area contributed by atoms with Gasteiger partial charge in [0, 0.05) is 17.7 Å². The lowest BCUT2D eigenvalue weighted by Gasteiger charge is -2.10. The predicted octanol–water partition coefficient (Wildman–Crippen LogP) is 3.06. The standard InChI is InChI=1S/C14H18N2O3/c1-8(2)13-7-16-14(19-13)9-5-11(17-3)12(18-4)6-10(9)15/h5-8H,15H2,1-4H3. The number of nitrogens with zero attached hydrogens (tertiary/aromatic N) is 1. The molecule has 0 bridgehead atoms. The van der Waals surface area contributed by atoms with Gasteiger partial charge in [-0.25, -0.2) is 4.98 Å². The van der Waals surface area contributed by atoms with Gasteiger partial charge in [0.15, 0.2) is 11.5 Å². The minimum absolute atomic E-state index is 0.280. The fourth-order valence-electron chi connectivity index (χ4n) is 1.76. The van der Waals surface area contributed by atoms with Crippen LogP contribution in [-0.4, -0.2) is 19.2 Å². The van der Waals surface area contributed by atoms with Crippen LogP contribution in [0.15, 0.2) is 22.7 Å². The monoisotopic (exact) mass is 262 g/mol. The number of benzene rings is 1. The molecular weight excluding hydrogens is 244 g/mol. The van der Waals surface area contributed by atoms with E-state index in [-0.39, 0.29) is 5.92 Å². The molecule has 5 heteroatoms. The van der Waals surface area contributed by atoms with E-state index in [1.54, 1.807) is 32.5 Å². The van der Waals surface area contributed by atoms with Crippen molar-refractivity contribution in [3.8, 4) is 23.0 Å². The Labute approximate surface area is 112 Å². The smallest absolute Gasteiger partial charge is 0.228 e. The molecule has 0 saturated carbocycles. The van der Waals surface area contributed by atoms with E-state index in [0.717, 1.165) is 5.76 Å². The van der Waals surface area contributed by atoms with E-state index in [0.29, 0.717) is 28.6 Å². The van der Waals surface area contributed by atoms with Gasteiger partial charge in [0.25, 0.3) is 0 Å². The van der Waals surface area contributed by atoms with Crippen molar-refractivity contribution in [2.45, 2.75) is 19.8 Å². The van der Waals surface area contributed by atoms with E-state index in [2.05, 4.69) is 4.98 Å². The summed E-state index contributed by atoms with van der Waals surface area (Å²) in [4.78, 5) is 4.26. The fraction of sp³-hybridized carbons (Fsp3) is 0.357. The summed E-state index contributed by atoms with van der Waals surface area (Å²) in [5.41, 5.74) is 7.24. The van der Waals surface area contributed by atoms with Crippen LogP contribution >= 0.6 is 0 Å². The van der Waals surface area contributed by atoms with Crippen molar-refractivity contribution in [3.05, 3.63) is 24.1 Å². The Morgan fingerprint density at radius 1 is 1.16 bits per heavy atom. The molecule has 2 rings (SSSR count). The summed E-state index contributed by atoms with van der Waals surface area (Å²) in [5.74, 6) is 2.77. The summed E-state index contributed by atoms with van der Waals surface area (Å²) < 4.78 is 16.2. The van der Waals surface area contributed by atoms with Crippen LogP contribution in [0.3, 0.4) is 0 Å². The summed E-state index contributed by atoms with van der Waals surface area (Å²) in [5, 5.41) is 0. The third-order valence-electron chi connectivity index (χ3n) is 2.88. The Balaban J connectivity index is 2.49. The zero-order valence-corrected chi connectivity index (χ0v) is 11.6. The van der Waals surface area contributed by atoms with E-state index < -0.39 is 0 Å². The number of anilines is 1. The summed E-state index contributed by atoms with van der Waals surface area (Å²) in [6, 6.07) is 3.47. The molecule has 1 aromatic heterocycles. The second kappa shape index (κ2) is 5.22. The number of hydrogen-bond acceptors (Lipinski definition) is 5. The minimum atomic E-state index is 0.280. The minimum Gasteiger partial charge on any atom is -0.493 e. The topological polar surface area (TPSA) is 70.5 Å². The molecule has 0 saturated heterocycles. The average molecular weight is 262 g/mol. The number of nitrogens with two attached hydrogens (primary N) is 1. The first kappa shape index (κ1) is 13.3. The van der Waals surface area contributed by atoms with Gasteiger partial charge in [0.05, 0.1) is 26.0 Å². The van der Waals surface area contributed by atoms with E-state index in [4.69, 9.17) is 19.6 Å². The molecule has 0 unspecified atom stereocenters. The molecule has 0 aliphatic rings. The van der Waals surface area contributed by atoms with Gasteiger partial charge in [-0.05, 0) is 6.07 Å². The normalized spacial score (nSPS) is 10.8. The van der Waals surface area contributed by atoms with Crippen molar-refractivity contribution in [2.75, 3.05) is 20.0 Å². The van der Waals surface area contributed by atoms with E-state index in [9.17, 15) is 0 Å². The van der Waals surface area contributed by atoms with Crippen LogP contribution in [0.5, 0.6) is 11.5 Å². The van der Waals surface area contributed by atoms with Crippen LogP contribution in [0.25, 0.3) is 11.5 Å². The average Bonchev–Trinajstić information content (AvgIpc) is 2.87. The van der Waals surface area contributed by atoms with Crippen molar-refractivity contribution in [1.82, 2.24) is 4.98 Å². The molecule has 0 spiro atoms. The largest absolute Gasteiger partial charge is 0.493 e. The lowest BCUT2D eigenvalue weighted by molar-refractivity contribution is 0.355. The number of ether oxygens (including phenoxy) is 2. The van der Waals surface area contributed by atoms with Crippen molar-refractivity contribution in [2.24, 2.45) is 0 Å². The van der Waals surface area contributed by atoms with Gasteiger partial charge in [-0.2, -0.15) is 0 Å². The first-order valence-electron chi connectivity index (χ1n) is 6.04. The number of rotatable bonds is 4. The van der Waals surface area contributed by atoms with Crippen molar-refractivity contribution >= 4 is 5.69 Å². The second-order valence-electron chi connectivity index (χ2n) is 4.52. The highest BCUT2D eigenvalue weighted by molar-refractivity contribution is 5.75. The summed E-state index contributed by atoms with van der Waals surface area (Å²) in [6.07, 6.45) is 1.72. The molecule has 1 aromatic carbocycles. The molecule has 1 heterocycles. The molecule has 2 N–H and O–H groups in total. The van der Waals surface area contributed by atoms with Gasteiger partial charge in [-0.3, -0.25) is 0 Å². The third kappa shape index (κ3) is 2.50. The Morgan fingerprint density at radius 2 is 1.79 bits per heavy atom. The van der Waals surface area contributed by atoms with E-state index in [1.165, 1.54) is 0 Å². The molecule has 102 valence electrons. The molecule has 0 radical (unpaired) electrons. The van der Waals surface area contributed by atoms with Crippen LogP contribution < -0.4 is 15.2 Å². The SMILES string of the molecule is COc1cc(N)c(-c2ncc(C(C)C)o2)cc1OC. The Bertz CT molecular complexity index is 576. The maximum absolute atomic E-state index is 6.00. The molecule has 0 fully saturated rings. The van der Waals surface area contributed by atoms with E-state index >= 15 is 0 Å². The fourth-order valence-corrected chi connectivity index (χ4v) is 1.76. The zero-order chi connectivity index (χ0) is 14.0. The maximum atomic E-state index is 6.00. The van der Waals surface area contributed by atoms with Gasteiger partial charge in [0.2, 0.25) is 5.89 Å². The van der Waals surface area contributed by atoms with Gasteiger partial charge in [0.1, 0.15) is 5.76 Å². The molecule has 2 aromatic rings. The van der Waals surface area contributed by atoms with Gasteiger partial charge in [-0.15, -0.1) is 0 Å². The van der Waals surface area contributed by atoms with E-state index in [1.807, 2.05) is 13.8 Å². The van der Waals surface area contributed by atoms with Crippen LogP contribution in [-0.2, 0) is 0 Å². The lowest BCUT2D eigenvalue weighted by atomic mass is 10.1. The molecule has 0 atom stereocenters.